The molecule has 0 aromatic heterocycles. The maximum atomic E-state index is 14.6. The topological polar surface area (TPSA) is 105 Å². The zero-order chi connectivity index (χ0) is 18.6. The molecular formula is C15H19FO8. The van der Waals surface area contributed by atoms with Gasteiger partial charge in [-0.3, -0.25) is 19.2 Å². The smallest absolute Gasteiger partial charge is 0.303 e. The summed E-state index contributed by atoms with van der Waals surface area (Å²) in [6.07, 6.45) is -5.78. The number of hydrogen-bond donors (Lipinski definition) is 0. The Labute approximate surface area is 137 Å². The highest BCUT2D eigenvalue weighted by Crippen LogP contribution is 2.35. The largest absolute Gasteiger partial charge is 0.454 e. The van der Waals surface area contributed by atoms with Crippen molar-refractivity contribution in [2.75, 3.05) is 0 Å². The molecule has 0 aromatic rings. The molecule has 1 aliphatic carbocycles. The van der Waals surface area contributed by atoms with Gasteiger partial charge in [0.25, 0.3) is 0 Å². The lowest BCUT2D eigenvalue weighted by Gasteiger charge is -2.39. The Hall–Kier alpha value is -2.45. The predicted octanol–water partition coefficient (Wildman–Crippen LogP) is 0.970. The van der Waals surface area contributed by atoms with Gasteiger partial charge in [0.15, 0.2) is 24.4 Å². The first-order chi connectivity index (χ1) is 11.0. The van der Waals surface area contributed by atoms with Gasteiger partial charge >= 0.3 is 23.9 Å². The van der Waals surface area contributed by atoms with Crippen LogP contribution in [0.3, 0.4) is 0 Å². The Morgan fingerprint density at radius 2 is 1.04 bits per heavy atom. The van der Waals surface area contributed by atoms with E-state index in [2.05, 4.69) is 0 Å². The van der Waals surface area contributed by atoms with Gasteiger partial charge in [-0.15, -0.1) is 0 Å². The molecule has 134 valence electrons. The van der Waals surface area contributed by atoms with E-state index < -0.39 is 54.1 Å². The molecule has 1 rings (SSSR count). The molecular weight excluding hydrogens is 327 g/mol. The van der Waals surface area contributed by atoms with Gasteiger partial charge in [-0.1, -0.05) is 0 Å². The quantitative estimate of drug-likeness (QED) is 0.548. The summed E-state index contributed by atoms with van der Waals surface area (Å²) in [5.41, 5.74) is -0.105. The van der Waals surface area contributed by atoms with Gasteiger partial charge in [-0.25, -0.2) is 4.39 Å². The highest BCUT2D eigenvalue weighted by Gasteiger charge is 2.51. The Bertz CT molecular complexity index is 532. The first-order valence-corrected chi connectivity index (χ1v) is 7.09. The summed E-state index contributed by atoms with van der Waals surface area (Å²) in [7, 11) is 0. The van der Waals surface area contributed by atoms with Crippen molar-refractivity contribution in [2.45, 2.75) is 59.0 Å². The number of ether oxygens (including phenoxy) is 4. The molecule has 0 unspecified atom stereocenters. The van der Waals surface area contributed by atoms with E-state index in [0.717, 1.165) is 27.7 Å². The van der Waals surface area contributed by atoms with E-state index in [1.807, 2.05) is 0 Å². The summed E-state index contributed by atoms with van der Waals surface area (Å²) in [6, 6.07) is 0. The van der Waals surface area contributed by atoms with Gasteiger partial charge in [0, 0.05) is 33.3 Å². The fourth-order valence-corrected chi connectivity index (χ4v) is 2.37. The van der Waals surface area contributed by atoms with Crippen molar-refractivity contribution in [3.63, 3.8) is 0 Å². The first-order valence-electron chi connectivity index (χ1n) is 7.09. The van der Waals surface area contributed by atoms with Crippen molar-refractivity contribution >= 4 is 23.9 Å². The fraction of sp³-hybridized carbons (Fsp3) is 0.600. The molecule has 0 fully saturated rings. The monoisotopic (exact) mass is 346 g/mol. The summed E-state index contributed by atoms with van der Waals surface area (Å²) in [6.45, 7) is 5.57. The highest BCUT2D eigenvalue weighted by molar-refractivity contribution is 5.70. The summed E-state index contributed by atoms with van der Waals surface area (Å²) in [5, 5.41) is 0. The van der Waals surface area contributed by atoms with Crippen LogP contribution in [-0.4, -0.2) is 48.3 Å². The van der Waals surface area contributed by atoms with Gasteiger partial charge in [0.2, 0.25) is 0 Å². The molecule has 1 aliphatic rings. The van der Waals surface area contributed by atoms with Gasteiger partial charge in [0.05, 0.1) is 0 Å². The average molecular weight is 346 g/mol. The normalized spacial score (nSPS) is 26.4. The second-order valence-corrected chi connectivity index (χ2v) is 5.24. The molecule has 24 heavy (non-hydrogen) atoms. The standard InChI is InChI=1S/C15H19FO8/c1-6-11(16)13(22-8(3)18)15(24-10(5)20)14(23-9(4)19)12(6)21-7(2)17/h12-15H,1-5H3/t12-,13-,14-,15-/m0/s1. The van der Waals surface area contributed by atoms with Gasteiger partial charge in [-0.2, -0.15) is 0 Å². The van der Waals surface area contributed by atoms with Crippen molar-refractivity contribution in [1.29, 1.82) is 0 Å². The van der Waals surface area contributed by atoms with Crippen LogP contribution >= 0.6 is 0 Å². The molecule has 4 atom stereocenters. The molecule has 0 radical (unpaired) electrons. The van der Waals surface area contributed by atoms with Crippen molar-refractivity contribution in [3.05, 3.63) is 11.4 Å². The third kappa shape index (κ3) is 4.77. The van der Waals surface area contributed by atoms with Crippen LogP contribution < -0.4 is 0 Å². The molecule has 0 amide bonds. The number of carbonyl (C=O) groups excluding carboxylic acids is 4. The third-order valence-electron chi connectivity index (χ3n) is 3.16. The Morgan fingerprint density at radius 1 is 0.708 bits per heavy atom. The van der Waals surface area contributed by atoms with Crippen LogP contribution in [0.2, 0.25) is 0 Å². The van der Waals surface area contributed by atoms with Gasteiger partial charge in [0.1, 0.15) is 5.83 Å². The maximum Gasteiger partial charge on any atom is 0.303 e. The highest BCUT2D eigenvalue weighted by atomic mass is 19.1. The molecule has 0 saturated carbocycles. The molecule has 0 bridgehead atoms. The predicted molar refractivity (Wildman–Crippen MR) is 76.0 cm³/mol. The lowest BCUT2D eigenvalue weighted by molar-refractivity contribution is -0.197. The van der Waals surface area contributed by atoms with E-state index in [-0.39, 0.29) is 5.57 Å². The minimum absolute atomic E-state index is 0.105. The van der Waals surface area contributed by atoms with Crippen LogP contribution in [0.5, 0.6) is 0 Å². The number of esters is 4. The summed E-state index contributed by atoms with van der Waals surface area (Å²) < 4.78 is 34.5. The van der Waals surface area contributed by atoms with E-state index >= 15 is 0 Å². The van der Waals surface area contributed by atoms with Crippen molar-refractivity contribution in [1.82, 2.24) is 0 Å². The van der Waals surface area contributed by atoms with Crippen LogP contribution in [0.4, 0.5) is 4.39 Å². The molecule has 0 aromatic carbocycles. The molecule has 0 heterocycles. The molecule has 0 saturated heterocycles. The molecule has 0 spiro atoms. The number of halogens is 1. The summed E-state index contributed by atoms with van der Waals surface area (Å²) >= 11 is 0. The van der Waals surface area contributed by atoms with Crippen LogP contribution in [0.25, 0.3) is 0 Å². The second kappa shape index (κ2) is 7.89. The SMILES string of the molecule is CC(=O)O[C@@H]1[C@@H](OC(C)=O)[C@@H](OC(C)=O)C(F)=C(C)[C@@H]1OC(C)=O. The van der Waals surface area contributed by atoms with Crippen LogP contribution in [-0.2, 0) is 38.1 Å². The lowest BCUT2D eigenvalue weighted by atomic mass is 9.88. The minimum atomic E-state index is -1.61. The van der Waals surface area contributed by atoms with E-state index in [1.54, 1.807) is 0 Å². The van der Waals surface area contributed by atoms with E-state index in [0.29, 0.717) is 0 Å². The number of rotatable bonds is 4. The first kappa shape index (κ1) is 19.6. The van der Waals surface area contributed by atoms with Crippen LogP contribution in [0.1, 0.15) is 34.6 Å². The molecule has 0 N–H and O–H groups in total. The minimum Gasteiger partial charge on any atom is -0.454 e. The van der Waals surface area contributed by atoms with Crippen LogP contribution in [0, 0.1) is 0 Å². The average Bonchev–Trinajstić information content (AvgIpc) is 2.42. The molecule has 8 nitrogen and oxygen atoms in total. The Morgan fingerprint density at radius 3 is 1.42 bits per heavy atom. The summed E-state index contributed by atoms with van der Waals surface area (Å²) in [4.78, 5) is 45.2. The molecule has 0 aliphatic heterocycles. The van der Waals surface area contributed by atoms with Gasteiger partial charge in [-0.05, 0) is 6.92 Å². The zero-order valence-corrected chi connectivity index (χ0v) is 14.0. The van der Waals surface area contributed by atoms with E-state index in [1.165, 1.54) is 6.92 Å². The third-order valence-corrected chi connectivity index (χ3v) is 3.16. The number of carbonyl (C=O) groups is 4. The van der Waals surface area contributed by atoms with Crippen molar-refractivity contribution in [3.8, 4) is 0 Å². The van der Waals surface area contributed by atoms with E-state index in [4.69, 9.17) is 18.9 Å². The van der Waals surface area contributed by atoms with Crippen molar-refractivity contribution < 1.29 is 42.5 Å². The molecule has 9 heteroatoms. The summed E-state index contributed by atoms with van der Waals surface area (Å²) in [5.74, 6) is -4.11. The Kier molecular flexibility index (Phi) is 6.44. The lowest BCUT2D eigenvalue weighted by Crippen LogP contribution is -2.55. The maximum absolute atomic E-state index is 14.6. The zero-order valence-electron chi connectivity index (χ0n) is 14.0. The second-order valence-electron chi connectivity index (χ2n) is 5.24. The Balaban J connectivity index is 3.40. The van der Waals surface area contributed by atoms with Crippen molar-refractivity contribution in [2.24, 2.45) is 0 Å². The van der Waals surface area contributed by atoms with Crippen LogP contribution in [0.15, 0.2) is 11.4 Å². The van der Waals surface area contributed by atoms with Gasteiger partial charge < -0.3 is 18.9 Å². The van der Waals surface area contributed by atoms with E-state index in [9.17, 15) is 23.6 Å². The fourth-order valence-electron chi connectivity index (χ4n) is 2.37. The number of hydrogen-bond acceptors (Lipinski definition) is 8.